The summed E-state index contributed by atoms with van der Waals surface area (Å²) in [5.41, 5.74) is 1.29. The zero-order valence-electron chi connectivity index (χ0n) is 22.6. The molecule has 10 heteroatoms. The number of Topliss-reactive ketones (excluding diaryl/α,β-unsaturated/α-hetero) is 1. The number of aryl methyl sites for hydroxylation is 1. The molecule has 1 N–H and O–H groups in total. The van der Waals surface area contributed by atoms with Crippen LogP contribution in [0.15, 0.2) is 48.0 Å². The van der Waals surface area contributed by atoms with Gasteiger partial charge in [0, 0.05) is 43.9 Å². The number of nitrogens with zero attached hydrogens (tertiary/aromatic N) is 3. The van der Waals surface area contributed by atoms with Crippen molar-refractivity contribution in [2.24, 2.45) is 5.92 Å². The Morgan fingerprint density at radius 3 is 2.56 bits per heavy atom. The third kappa shape index (κ3) is 6.46. The van der Waals surface area contributed by atoms with Gasteiger partial charge in [0.1, 0.15) is 11.5 Å². The summed E-state index contributed by atoms with van der Waals surface area (Å²) in [5.74, 6) is -0.860. The first-order chi connectivity index (χ1) is 18.7. The molecule has 2 aromatic carbocycles. The molecule has 0 spiro atoms. The fourth-order valence-electron chi connectivity index (χ4n) is 4.93. The summed E-state index contributed by atoms with van der Waals surface area (Å²) in [7, 11) is 0. The number of likely N-dealkylation sites (tertiary alicyclic amines) is 1. The molecule has 0 saturated carbocycles. The Balaban J connectivity index is 1.70. The van der Waals surface area contributed by atoms with E-state index in [4.69, 9.17) is 9.47 Å². The molecule has 0 bridgehead atoms. The first kappa shape index (κ1) is 28.3. The molecule has 2 fully saturated rings. The van der Waals surface area contributed by atoms with Crippen LogP contribution in [-0.2, 0) is 14.3 Å². The van der Waals surface area contributed by atoms with Gasteiger partial charge in [0.15, 0.2) is 0 Å². The van der Waals surface area contributed by atoms with Gasteiger partial charge < -0.3 is 19.5 Å². The number of amides is 1. The Labute approximate surface area is 228 Å². The number of carbonyl (C=O) groups is 2. The maximum Gasteiger partial charge on any atom is 0.295 e. The molecule has 208 valence electrons. The second-order valence-corrected chi connectivity index (χ2v) is 10.3. The number of ketones is 1. The number of hydrogen-bond donors (Lipinski definition) is 1. The monoisotopic (exact) mass is 537 g/mol. The lowest BCUT2D eigenvalue weighted by atomic mass is 9.94. The Morgan fingerprint density at radius 2 is 1.90 bits per heavy atom. The van der Waals surface area contributed by atoms with Crippen molar-refractivity contribution in [1.82, 2.24) is 9.80 Å². The molecule has 2 saturated heterocycles. The van der Waals surface area contributed by atoms with Crippen molar-refractivity contribution < 1.29 is 29.1 Å². The minimum absolute atomic E-state index is 0.0814. The fraction of sp³-hybridized carbons (Fsp3) is 0.448. The second kappa shape index (κ2) is 12.4. The van der Waals surface area contributed by atoms with Crippen molar-refractivity contribution in [2.45, 2.75) is 33.2 Å². The number of nitro groups is 1. The number of benzene rings is 2. The molecule has 39 heavy (non-hydrogen) atoms. The van der Waals surface area contributed by atoms with E-state index in [1.165, 1.54) is 23.1 Å². The highest BCUT2D eigenvalue weighted by molar-refractivity contribution is 6.46. The topological polar surface area (TPSA) is 122 Å². The highest BCUT2D eigenvalue weighted by Gasteiger charge is 2.46. The summed E-state index contributed by atoms with van der Waals surface area (Å²) in [6.07, 6.45) is 0.597. The standard InChI is InChI=1S/C29H35N3O7/c1-19(2)18-39-24-9-8-22(16-20(24)3)27(33)25-26(21-6-4-7-23(17-21)32(36)37)31(29(35)28(25)34)11-5-10-30-12-14-38-15-13-30/h4,6-9,16-17,19,26,33H,5,10-15,18H2,1-3H3. The third-order valence-electron chi connectivity index (χ3n) is 6.93. The molecule has 0 radical (unpaired) electrons. The van der Waals surface area contributed by atoms with E-state index in [9.17, 15) is 24.8 Å². The largest absolute Gasteiger partial charge is 0.507 e. The Hall–Kier alpha value is -3.76. The van der Waals surface area contributed by atoms with Crippen molar-refractivity contribution in [3.8, 4) is 5.75 Å². The van der Waals surface area contributed by atoms with Crippen molar-refractivity contribution in [3.05, 3.63) is 74.8 Å². The molecule has 2 aliphatic rings. The zero-order chi connectivity index (χ0) is 28.1. The number of nitro benzene ring substituents is 1. The summed E-state index contributed by atoms with van der Waals surface area (Å²) in [6, 6.07) is 10.0. The van der Waals surface area contributed by atoms with Gasteiger partial charge in [-0.1, -0.05) is 26.0 Å². The lowest BCUT2D eigenvalue weighted by Gasteiger charge is -2.29. The minimum atomic E-state index is -0.952. The predicted molar refractivity (Wildman–Crippen MR) is 145 cm³/mol. The fourth-order valence-corrected chi connectivity index (χ4v) is 4.93. The SMILES string of the molecule is Cc1cc(C(O)=C2C(=O)C(=O)N(CCCN3CCOCC3)C2c2cccc([N+](=O)[O-])c2)ccc1OCC(C)C. The summed E-state index contributed by atoms with van der Waals surface area (Å²) in [6.45, 7) is 10.3. The van der Waals surface area contributed by atoms with Gasteiger partial charge in [0.2, 0.25) is 0 Å². The molecule has 2 aromatic rings. The van der Waals surface area contributed by atoms with Crippen LogP contribution in [0.2, 0.25) is 0 Å². The van der Waals surface area contributed by atoms with Gasteiger partial charge in [0.25, 0.3) is 17.4 Å². The number of ether oxygens (including phenoxy) is 2. The number of hydrogen-bond acceptors (Lipinski definition) is 8. The number of aliphatic hydroxyl groups excluding tert-OH is 1. The van der Waals surface area contributed by atoms with E-state index in [2.05, 4.69) is 4.90 Å². The van der Waals surface area contributed by atoms with Crippen LogP contribution in [0.1, 0.15) is 43.0 Å². The van der Waals surface area contributed by atoms with E-state index in [0.717, 1.165) is 18.7 Å². The lowest BCUT2D eigenvalue weighted by molar-refractivity contribution is -0.384. The molecule has 10 nitrogen and oxygen atoms in total. The van der Waals surface area contributed by atoms with Crippen molar-refractivity contribution in [3.63, 3.8) is 0 Å². The average molecular weight is 538 g/mol. The van der Waals surface area contributed by atoms with Crippen molar-refractivity contribution in [1.29, 1.82) is 0 Å². The van der Waals surface area contributed by atoms with Crippen LogP contribution >= 0.6 is 0 Å². The van der Waals surface area contributed by atoms with Crippen LogP contribution in [0.4, 0.5) is 5.69 Å². The number of aliphatic hydroxyl groups is 1. The molecule has 1 atom stereocenters. The maximum absolute atomic E-state index is 13.3. The van der Waals surface area contributed by atoms with E-state index in [1.807, 2.05) is 20.8 Å². The normalized spacial score (nSPS) is 19.6. The highest BCUT2D eigenvalue weighted by atomic mass is 16.6. The van der Waals surface area contributed by atoms with Crippen molar-refractivity contribution >= 4 is 23.1 Å². The van der Waals surface area contributed by atoms with Crippen LogP contribution in [0.25, 0.3) is 5.76 Å². The van der Waals surface area contributed by atoms with Gasteiger partial charge >= 0.3 is 0 Å². The van der Waals surface area contributed by atoms with Crippen LogP contribution < -0.4 is 4.74 Å². The number of rotatable bonds is 10. The molecule has 0 aromatic heterocycles. The zero-order valence-corrected chi connectivity index (χ0v) is 22.6. The molecular formula is C29H35N3O7. The van der Waals surface area contributed by atoms with Gasteiger partial charge in [-0.15, -0.1) is 0 Å². The molecule has 4 rings (SSSR count). The number of morpholine rings is 1. The maximum atomic E-state index is 13.3. The van der Waals surface area contributed by atoms with Gasteiger partial charge in [-0.2, -0.15) is 0 Å². The van der Waals surface area contributed by atoms with E-state index in [0.29, 0.717) is 55.6 Å². The quantitative estimate of drug-likeness (QED) is 0.158. The third-order valence-corrected chi connectivity index (χ3v) is 6.93. The molecule has 1 amide bonds. The number of carbonyl (C=O) groups excluding carboxylic acids is 2. The van der Waals surface area contributed by atoms with Crippen LogP contribution in [0, 0.1) is 23.0 Å². The highest BCUT2D eigenvalue weighted by Crippen LogP contribution is 2.40. The predicted octanol–water partition coefficient (Wildman–Crippen LogP) is 4.08. The Kier molecular flexibility index (Phi) is 8.98. The second-order valence-electron chi connectivity index (χ2n) is 10.3. The van der Waals surface area contributed by atoms with E-state index < -0.39 is 22.7 Å². The van der Waals surface area contributed by atoms with Crippen molar-refractivity contribution in [2.75, 3.05) is 46.0 Å². The minimum Gasteiger partial charge on any atom is -0.507 e. The average Bonchev–Trinajstić information content (AvgIpc) is 3.17. The molecule has 2 heterocycles. The van der Waals surface area contributed by atoms with Gasteiger partial charge in [-0.05, 0) is 48.6 Å². The summed E-state index contributed by atoms with van der Waals surface area (Å²) in [5, 5.41) is 22.9. The van der Waals surface area contributed by atoms with Gasteiger partial charge in [0.05, 0.1) is 36.4 Å². The molecule has 2 aliphatic heterocycles. The number of non-ortho nitro benzene ring substituents is 1. The Bertz CT molecular complexity index is 1270. The van der Waals surface area contributed by atoms with Crippen LogP contribution in [0.5, 0.6) is 5.75 Å². The molecule has 1 unspecified atom stereocenters. The van der Waals surface area contributed by atoms with E-state index in [1.54, 1.807) is 24.3 Å². The smallest absolute Gasteiger partial charge is 0.295 e. The van der Waals surface area contributed by atoms with E-state index in [-0.39, 0.29) is 23.6 Å². The summed E-state index contributed by atoms with van der Waals surface area (Å²) >= 11 is 0. The molecular weight excluding hydrogens is 502 g/mol. The van der Waals surface area contributed by atoms with Gasteiger partial charge in [-0.3, -0.25) is 24.6 Å². The van der Waals surface area contributed by atoms with Crippen LogP contribution in [-0.4, -0.2) is 77.5 Å². The van der Waals surface area contributed by atoms with E-state index >= 15 is 0 Å². The van der Waals surface area contributed by atoms with Gasteiger partial charge in [-0.25, -0.2) is 0 Å². The first-order valence-electron chi connectivity index (χ1n) is 13.2. The summed E-state index contributed by atoms with van der Waals surface area (Å²) < 4.78 is 11.2. The lowest BCUT2D eigenvalue weighted by Crippen LogP contribution is -2.39. The van der Waals surface area contributed by atoms with Crippen LogP contribution in [0.3, 0.4) is 0 Å². The Morgan fingerprint density at radius 1 is 1.15 bits per heavy atom. The first-order valence-corrected chi connectivity index (χ1v) is 13.2. The molecule has 0 aliphatic carbocycles. The summed E-state index contributed by atoms with van der Waals surface area (Å²) in [4.78, 5) is 41.2.